The highest BCUT2D eigenvalue weighted by molar-refractivity contribution is 9.09. The molecule has 0 saturated carbocycles. The molecule has 1 atom stereocenters. The van der Waals surface area contributed by atoms with Crippen LogP contribution in [0.5, 0.6) is 0 Å². The van der Waals surface area contributed by atoms with Crippen molar-refractivity contribution < 1.29 is 13.2 Å². The van der Waals surface area contributed by atoms with E-state index in [-0.39, 0.29) is 4.83 Å². The van der Waals surface area contributed by atoms with Crippen molar-refractivity contribution in [3.63, 3.8) is 0 Å². The van der Waals surface area contributed by atoms with Crippen molar-refractivity contribution in [1.82, 2.24) is 9.78 Å². The van der Waals surface area contributed by atoms with Gasteiger partial charge in [-0.15, -0.1) is 0 Å². The van der Waals surface area contributed by atoms with Gasteiger partial charge < -0.3 is 0 Å². The summed E-state index contributed by atoms with van der Waals surface area (Å²) in [7, 11) is 0. The molecule has 1 unspecified atom stereocenters. The van der Waals surface area contributed by atoms with Gasteiger partial charge in [0.05, 0.1) is 5.69 Å². The Morgan fingerprint density at radius 1 is 1.21 bits per heavy atom. The summed E-state index contributed by atoms with van der Waals surface area (Å²) in [5.74, 6) is 0. The molecule has 0 saturated heterocycles. The highest BCUT2D eigenvalue weighted by Gasteiger charge is 2.34. The normalized spacial score (nSPS) is 13.6. The van der Waals surface area contributed by atoms with Crippen LogP contribution < -0.4 is 0 Å². The van der Waals surface area contributed by atoms with Crippen LogP contribution in [0.25, 0.3) is 5.69 Å². The first kappa shape index (κ1) is 14.1. The molecular formula is C13H12BrF3N2. The molecule has 0 bridgehead atoms. The number of alkyl halides is 4. The zero-order valence-corrected chi connectivity index (χ0v) is 12.0. The molecule has 2 aromatic rings. The molecule has 0 aliphatic carbocycles. The highest BCUT2D eigenvalue weighted by atomic mass is 79.9. The predicted molar refractivity (Wildman–Crippen MR) is 70.6 cm³/mol. The molecule has 1 aromatic carbocycles. The van der Waals surface area contributed by atoms with Crippen LogP contribution in [-0.2, 0) is 6.18 Å². The Bertz CT molecular complexity index is 571. The topological polar surface area (TPSA) is 17.8 Å². The second-order valence-electron chi connectivity index (χ2n) is 4.29. The van der Waals surface area contributed by atoms with E-state index in [2.05, 4.69) is 21.0 Å². The van der Waals surface area contributed by atoms with E-state index in [1.165, 1.54) is 4.68 Å². The standard InChI is InChI=1S/C13H12BrF3N2/c1-8-7-12(13(15,16)17)18-19(8)11-5-3-10(4-6-11)9(2)14/h3-7,9H,1-2H3. The lowest BCUT2D eigenvalue weighted by Gasteiger charge is -2.07. The number of rotatable bonds is 2. The molecule has 2 rings (SSSR count). The van der Waals surface area contributed by atoms with Crippen LogP contribution >= 0.6 is 15.9 Å². The molecule has 0 spiro atoms. The molecule has 0 radical (unpaired) electrons. The van der Waals surface area contributed by atoms with Gasteiger partial charge in [0, 0.05) is 10.5 Å². The van der Waals surface area contributed by atoms with Gasteiger partial charge in [-0.1, -0.05) is 28.1 Å². The Balaban J connectivity index is 2.39. The summed E-state index contributed by atoms with van der Waals surface area (Å²) in [6.45, 7) is 3.58. The summed E-state index contributed by atoms with van der Waals surface area (Å²) in [5, 5.41) is 3.61. The van der Waals surface area contributed by atoms with Gasteiger partial charge in [0.15, 0.2) is 5.69 Å². The number of benzene rings is 1. The molecule has 2 nitrogen and oxygen atoms in total. The fourth-order valence-electron chi connectivity index (χ4n) is 1.76. The third-order valence-electron chi connectivity index (χ3n) is 2.77. The van der Waals surface area contributed by atoms with Crippen LogP contribution in [0.3, 0.4) is 0 Å². The maximum absolute atomic E-state index is 12.6. The quantitative estimate of drug-likeness (QED) is 0.731. The lowest BCUT2D eigenvalue weighted by molar-refractivity contribution is -0.141. The average Bonchev–Trinajstić information content (AvgIpc) is 2.71. The van der Waals surface area contributed by atoms with Crippen molar-refractivity contribution in [2.24, 2.45) is 0 Å². The molecule has 0 amide bonds. The first-order valence-electron chi connectivity index (χ1n) is 5.67. The van der Waals surface area contributed by atoms with E-state index in [0.717, 1.165) is 11.6 Å². The Morgan fingerprint density at radius 2 is 1.79 bits per heavy atom. The molecule has 1 aromatic heterocycles. The summed E-state index contributed by atoms with van der Waals surface area (Å²) < 4.78 is 39.1. The van der Waals surface area contributed by atoms with Crippen LogP contribution in [0.15, 0.2) is 30.3 Å². The fraction of sp³-hybridized carbons (Fsp3) is 0.308. The van der Waals surface area contributed by atoms with Crippen molar-refractivity contribution in [3.8, 4) is 5.69 Å². The number of hydrogen-bond acceptors (Lipinski definition) is 1. The van der Waals surface area contributed by atoms with Crippen molar-refractivity contribution >= 4 is 15.9 Å². The Kier molecular flexibility index (Phi) is 3.71. The van der Waals surface area contributed by atoms with E-state index < -0.39 is 11.9 Å². The number of hydrogen-bond donors (Lipinski definition) is 0. The van der Waals surface area contributed by atoms with Gasteiger partial charge in [-0.05, 0) is 37.6 Å². The monoisotopic (exact) mass is 332 g/mol. The van der Waals surface area contributed by atoms with E-state index in [1.807, 2.05) is 19.1 Å². The number of aryl methyl sites for hydroxylation is 1. The zero-order chi connectivity index (χ0) is 14.2. The van der Waals surface area contributed by atoms with E-state index >= 15 is 0 Å². The average molecular weight is 333 g/mol. The van der Waals surface area contributed by atoms with Crippen molar-refractivity contribution in [1.29, 1.82) is 0 Å². The van der Waals surface area contributed by atoms with Crippen LogP contribution in [0.1, 0.15) is 28.7 Å². The summed E-state index contributed by atoms with van der Waals surface area (Å²) in [4.78, 5) is 0.200. The maximum Gasteiger partial charge on any atom is 0.435 e. The Hall–Kier alpha value is -1.30. The number of halogens is 4. The summed E-state index contributed by atoms with van der Waals surface area (Å²) in [6.07, 6.45) is -4.42. The molecular weight excluding hydrogens is 321 g/mol. The fourth-order valence-corrected chi connectivity index (χ4v) is 2.06. The van der Waals surface area contributed by atoms with E-state index in [1.54, 1.807) is 19.1 Å². The van der Waals surface area contributed by atoms with Gasteiger partial charge in [-0.3, -0.25) is 0 Å². The van der Waals surface area contributed by atoms with Crippen LogP contribution in [0, 0.1) is 6.92 Å². The van der Waals surface area contributed by atoms with Crippen LogP contribution in [0.4, 0.5) is 13.2 Å². The Labute approximate surface area is 117 Å². The molecule has 0 N–H and O–H groups in total. The van der Waals surface area contributed by atoms with Gasteiger partial charge in [0.2, 0.25) is 0 Å². The number of nitrogens with zero attached hydrogens (tertiary/aromatic N) is 2. The van der Waals surface area contributed by atoms with E-state index in [4.69, 9.17) is 0 Å². The molecule has 6 heteroatoms. The molecule has 1 heterocycles. The minimum Gasteiger partial charge on any atom is -0.238 e. The highest BCUT2D eigenvalue weighted by Crippen LogP contribution is 2.29. The van der Waals surface area contributed by atoms with Crippen molar-refractivity contribution in [2.45, 2.75) is 24.9 Å². The largest absolute Gasteiger partial charge is 0.435 e. The van der Waals surface area contributed by atoms with Gasteiger partial charge in [-0.25, -0.2) is 4.68 Å². The smallest absolute Gasteiger partial charge is 0.238 e. The molecule has 0 fully saturated rings. The summed E-state index contributed by atoms with van der Waals surface area (Å²) in [5.41, 5.74) is 1.25. The summed E-state index contributed by atoms with van der Waals surface area (Å²) in [6, 6.07) is 8.29. The van der Waals surface area contributed by atoms with Gasteiger partial charge in [0.1, 0.15) is 0 Å². The van der Waals surface area contributed by atoms with E-state index in [9.17, 15) is 13.2 Å². The first-order chi connectivity index (χ1) is 8.79. The van der Waals surface area contributed by atoms with Crippen LogP contribution in [-0.4, -0.2) is 9.78 Å². The van der Waals surface area contributed by atoms with E-state index in [0.29, 0.717) is 11.4 Å². The Morgan fingerprint density at radius 3 is 2.21 bits per heavy atom. The predicted octanol–water partition coefficient (Wildman–Crippen LogP) is 4.66. The third-order valence-corrected chi connectivity index (χ3v) is 3.30. The number of aromatic nitrogens is 2. The molecule has 102 valence electrons. The molecule has 19 heavy (non-hydrogen) atoms. The van der Waals surface area contributed by atoms with Crippen molar-refractivity contribution in [2.75, 3.05) is 0 Å². The first-order valence-corrected chi connectivity index (χ1v) is 6.59. The zero-order valence-electron chi connectivity index (χ0n) is 10.4. The van der Waals surface area contributed by atoms with Gasteiger partial charge in [-0.2, -0.15) is 18.3 Å². The lowest BCUT2D eigenvalue weighted by Crippen LogP contribution is -2.07. The SMILES string of the molecule is Cc1cc(C(F)(F)F)nn1-c1ccc(C(C)Br)cc1. The lowest BCUT2D eigenvalue weighted by atomic mass is 10.1. The molecule has 0 aliphatic rings. The summed E-state index contributed by atoms with van der Waals surface area (Å²) >= 11 is 3.44. The van der Waals surface area contributed by atoms with Crippen molar-refractivity contribution in [3.05, 3.63) is 47.3 Å². The molecule has 0 aliphatic heterocycles. The minimum atomic E-state index is -4.42. The van der Waals surface area contributed by atoms with Gasteiger partial charge in [0.25, 0.3) is 0 Å². The maximum atomic E-state index is 12.6. The minimum absolute atomic E-state index is 0.200. The van der Waals surface area contributed by atoms with Crippen LogP contribution in [0.2, 0.25) is 0 Å². The second kappa shape index (κ2) is 5.00. The van der Waals surface area contributed by atoms with Gasteiger partial charge >= 0.3 is 6.18 Å². The third kappa shape index (κ3) is 3.00. The second-order valence-corrected chi connectivity index (χ2v) is 5.66.